The van der Waals surface area contributed by atoms with Crippen molar-refractivity contribution in [1.29, 1.82) is 0 Å². The molecule has 0 radical (unpaired) electrons. The van der Waals surface area contributed by atoms with Gasteiger partial charge in [0.25, 0.3) is 5.91 Å². The minimum atomic E-state index is -0.626. The van der Waals surface area contributed by atoms with Crippen LogP contribution in [0.1, 0.15) is 5.56 Å². The summed E-state index contributed by atoms with van der Waals surface area (Å²) < 4.78 is 0. The van der Waals surface area contributed by atoms with Gasteiger partial charge in [0.2, 0.25) is 0 Å². The van der Waals surface area contributed by atoms with E-state index in [2.05, 4.69) is 10.5 Å². The molecule has 0 spiro atoms. The highest BCUT2D eigenvalue weighted by Gasteiger charge is 2.04. The van der Waals surface area contributed by atoms with Gasteiger partial charge in [-0.3, -0.25) is 4.79 Å². The first-order chi connectivity index (χ1) is 8.72. The summed E-state index contributed by atoms with van der Waals surface area (Å²) in [6, 6.07) is 10.9. The quantitative estimate of drug-likeness (QED) is 0.556. The Balaban J connectivity index is 2.37. The van der Waals surface area contributed by atoms with E-state index in [9.17, 15) is 9.90 Å². The van der Waals surface area contributed by atoms with E-state index in [0.29, 0.717) is 5.56 Å². The molecule has 0 heterocycles. The number of rotatable bonds is 3. The van der Waals surface area contributed by atoms with Gasteiger partial charge in [-0.25, -0.2) is 5.43 Å². The number of hydrogen-bond donors (Lipinski definition) is 3. The summed E-state index contributed by atoms with van der Waals surface area (Å²) in [5.41, 5.74) is 2.66. The van der Waals surface area contributed by atoms with Crippen molar-refractivity contribution >= 4 is 22.9 Å². The van der Waals surface area contributed by atoms with Crippen LogP contribution in [-0.4, -0.2) is 28.9 Å². The Kier molecular flexibility index (Phi) is 3.54. The van der Waals surface area contributed by atoms with E-state index < -0.39 is 12.5 Å². The number of hydrazone groups is 1. The molecule has 0 aliphatic rings. The maximum absolute atomic E-state index is 10.8. The van der Waals surface area contributed by atoms with Gasteiger partial charge in [-0.2, -0.15) is 5.10 Å². The summed E-state index contributed by atoms with van der Waals surface area (Å²) in [6.07, 6.45) is 1.35. The standard InChI is InChI=1S/C13H12N2O3/c16-8-13(18)15-14-7-11-10-4-2-1-3-9(10)5-6-12(11)17/h1-7,16-17H,8H2,(H,15,18)/b14-7+. The third-order valence-electron chi connectivity index (χ3n) is 2.47. The Morgan fingerprint density at radius 3 is 2.83 bits per heavy atom. The zero-order valence-electron chi connectivity index (χ0n) is 9.50. The van der Waals surface area contributed by atoms with Crippen molar-refractivity contribution in [2.24, 2.45) is 5.10 Å². The fourth-order valence-corrected chi connectivity index (χ4v) is 1.62. The van der Waals surface area contributed by atoms with Crippen LogP contribution in [0.15, 0.2) is 41.5 Å². The van der Waals surface area contributed by atoms with Crippen LogP contribution in [-0.2, 0) is 4.79 Å². The molecule has 18 heavy (non-hydrogen) atoms. The van der Waals surface area contributed by atoms with E-state index in [1.807, 2.05) is 24.3 Å². The molecule has 0 bridgehead atoms. The van der Waals surface area contributed by atoms with Crippen LogP contribution in [0.3, 0.4) is 0 Å². The lowest BCUT2D eigenvalue weighted by molar-refractivity contribution is -0.123. The molecular weight excluding hydrogens is 232 g/mol. The first-order valence-corrected chi connectivity index (χ1v) is 5.36. The normalized spacial score (nSPS) is 10.9. The number of aromatic hydroxyl groups is 1. The van der Waals surface area contributed by atoms with E-state index >= 15 is 0 Å². The number of benzene rings is 2. The van der Waals surface area contributed by atoms with Crippen molar-refractivity contribution in [2.45, 2.75) is 0 Å². The summed E-state index contributed by atoms with van der Waals surface area (Å²) in [5.74, 6) is -0.526. The van der Waals surface area contributed by atoms with E-state index in [0.717, 1.165) is 10.8 Å². The summed E-state index contributed by atoms with van der Waals surface area (Å²) >= 11 is 0. The summed E-state index contributed by atoms with van der Waals surface area (Å²) in [6.45, 7) is -0.626. The molecule has 0 aliphatic carbocycles. The van der Waals surface area contributed by atoms with E-state index in [1.54, 1.807) is 12.1 Å². The third kappa shape index (κ3) is 2.46. The first-order valence-electron chi connectivity index (χ1n) is 5.36. The fourth-order valence-electron chi connectivity index (χ4n) is 1.62. The average molecular weight is 244 g/mol. The van der Waals surface area contributed by atoms with Crippen LogP contribution >= 0.6 is 0 Å². The highest BCUT2D eigenvalue weighted by molar-refractivity contribution is 6.02. The molecule has 0 saturated carbocycles. The van der Waals surface area contributed by atoms with Gasteiger partial charge in [-0.05, 0) is 16.8 Å². The van der Waals surface area contributed by atoms with Crippen molar-refractivity contribution in [3.05, 3.63) is 42.0 Å². The van der Waals surface area contributed by atoms with Crippen LogP contribution < -0.4 is 5.43 Å². The van der Waals surface area contributed by atoms with Crippen molar-refractivity contribution in [3.8, 4) is 5.75 Å². The molecule has 2 aromatic carbocycles. The molecule has 5 heteroatoms. The minimum Gasteiger partial charge on any atom is -0.507 e. The van der Waals surface area contributed by atoms with Gasteiger partial charge in [0, 0.05) is 5.56 Å². The number of aliphatic hydroxyl groups is 1. The lowest BCUT2D eigenvalue weighted by atomic mass is 10.0. The van der Waals surface area contributed by atoms with Gasteiger partial charge >= 0.3 is 0 Å². The van der Waals surface area contributed by atoms with Crippen LogP contribution in [0.25, 0.3) is 10.8 Å². The second kappa shape index (κ2) is 5.29. The van der Waals surface area contributed by atoms with Gasteiger partial charge in [0.15, 0.2) is 0 Å². The van der Waals surface area contributed by atoms with E-state index in [4.69, 9.17) is 5.11 Å². The Bertz CT molecular complexity index is 608. The van der Waals surface area contributed by atoms with Gasteiger partial charge in [-0.1, -0.05) is 30.3 Å². The van der Waals surface area contributed by atoms with Crippen LogP contribution in [0.4, 0.5) is 0 Å². The summed E-state index contributed by atoms with van der Waals surface area (Å²) in [7, 11) is 0. The summed E-state index contributed by atoms with van der Waals surface area (Å²) in [5, 5.41) is 23.8. The second-order valence-electron chi connectivity index (χ2n) is 3.67. The number of carbonyl (C=O) groups is 1. The number of hydrogen-bond acceptors (Lipinski definition) is 4. The molecule has 92 valence electrons. The van der Waals surface area contributed by atoms with Gasteiger partial charge < -0.3 is 10.2 Å². The maximum atomic E-state index is 10.8. The van der Waals surface area contributed by atoms with Gasteiger partial charge in [0.05, 0.1) is 6.21 Å². The molecule has 0 aromatic heterocycles. The lowest BCUT2D eigenvalue weighted by Gasteiger charge is -2.04. The van der Waals surface area contributed by atoms with Gasteiger partial charge in [-0.15, -0.1) is 0 Å². The maximum Gasteiger partial charge on any atom is 0.265 e. The molecule has 0 saturated heterocycles. The molecule has 5 nitrogen and oxygen atoms in total. The monoisotopic (exact) mass is 244 g/mol. The van der Waals surface area contributed by atoms with Gasteiger partial charge in [0.1, 0.15) is 12.4 Å². The molecule has 0 atom stereocenters. The topological polar surface area (TPSA) is 81.9 Å². The fraction of sp³-hybridized carbons (Fsp3) is 0.0769. The zero-order valence-corrected chi connectivity index (χ0v) is 9.50. The number of carbonyl (C=O) groups excluding carboxylic acids is 1. The molecule has 3 N–H and O–H groups in total. The number of nitrogens with one attached hydrogen (secondary N) is 1. The van der Waals surface area contributed by atoms with Crippen LogP contribution in [0.5, 0.6) is 5.75 Å². The molecular formula is C13H12N2O3. The van der Waals surface area contributed by atoms with E-state index in [-0.39, 0.29) is 5.75 Å². The highest BCUT2D eigenvalue weighted by Crippen LogP contribution is 2.25. The summed E-state index contributed by atoms with van der Waals surface area (Å²) in [4.78, 5) is 10.8. The van der Waals surface area contributed by atoms with Crippen LogP contribution in [0, 0.1) is 0 Å². The third-order valence-corrected chi connectivity index (χ3v) is 2.47. The number of phenolic OH excluding ortho intramolecular Hbond substituents is 1. The van der Waals surface area contributed by atoms with Crippen molar-refractivity contribution in [2.75, 3.05) is 6.61 Å². The zero-order chi connectivity index (χ0) is 13.0. The van der Waals surface area contributed by atoms with Crippen molar-refractivity contribution in [3.63, 3.8) is 0 Å². The molecule has 2 rings (SSSR count). The SMILES string of the molecule is O=C(CO)N/N=C/c1c(O)ccc2ccccc12. The smallest absolute Gasteiger partial charge is 0.265 e. The number of amides is 1. The van der Waals surface area contributed by atoms with E-state index in [1.165, 1.54) is 6.21 Å². The number of nitrogens with zero attached hydrogens (tertiary/aromatic N) is 1. The minimum absolute atomic E-state index is 0.0793. The predicted molar refractivity (Wildman–Crippen MR) is 68.4 cm³/mol. The Morgan fingerprint density at radius 2 is 2.06 bits per heavy atom. The average Bonchev–Trinajstić information content (AvgIpc) is 2.41. The number of phenols is 1. The Labute approximate surface area is 103 Å². The molecule has 0 aliphatic heterocycles. The van der Waals surface area contributed by atoms with Crippen molar-refractivity contribution < 1.29 is 15.0 Å². The molecule has 0 unspecified atom stereocenters. The number of fused-ring (bicyclic) bond motifs is 1. The largest absolute Gasteiger partial charge is 0.507 e. The Hall–Kier alpha value is -2.40. The lowest BCUT2D eigenvalue weighted by Crippen LogP contribution is -2.20. The molecule has 1 amide bonds. The molecule has 2 aromatic rings. The van der Waals surface area contributed by atoms with Crippen molar-refractivity contribution in [1.82, 2.24) is 5.43 Å². The first kappa shape index (κ1) is 12.1. The molecule has 0 fully saturated rings. The predicted octanol–water partition coefficient (Wildman–Crippen LogP) is 0.988. The Morgan fingerprint density at radius 1 is 1.28 bits per heavy atom. The highest BCUT2D eigenvalue weighted by atomic mass is 16.3. The van der Waals surface area contributed by atoms with Crippen LogP contribution in [0.2, 0.25) is 0 Å². The number of aliphatic hydroxyl groups excluding tert-OH is 1. The second-order valence-corrected chi connectivity index (χ2v) is 3.67.